The topological polar surface area (TPSA) is 99.9 Å². The van der Waals surface area contributed by atoms with E-state index in [2.05, 4.69) is 20.5 Å². The van der Waals surface area contributed by atoms with Gasteiger partial charge in [0.15, 0.2) is 5.76 Å². The highest BCUT2D eigenvalue weighted by Crippen LogP contribution is 2.35. The number of carbonyl (C=O) groups is 2. The molecule has 2 N–H and O–H groups in total. The quantitative estimate of drug-likeness (QED) is 0.638. The first-order valence-electron chi connectivity index (χ1n) is 10.4. The van der Waals surface area contributed by atoms with Gasteiger partial charge in [0.2, 0.25) is 5.88 Å². The van der Waals surface area contributed by atoms with Crippen LogP contribution in [-0.2, 0) is 6.54 Å². The molecule has 2 aliphatic rings. The van der Waals surface area contributed by atoms with Crippen molar-refractivity contribution >= 4 is 29.1 Å². The molecule has 2 aromatic heterocycles. The van der Waals surface area contributed by atoms with E-state index in [4.69, 9.17) is 9.15 Å². The lowest BCUT2D eigenvalue weighted by Crippen LogP contribution is -2.43. The summed E-state index contributed by atoms with van der Waals surface area (Å²) in [4.78, 5) is 33.6. The lowest BCUT2D eigenvalue weighted by Gasteiger charge is -2.30. The summed E-state index contributed by atoms with van der Waals surface area (Å²) in [6.07, 6.45) is 3.34. The lowest BCUT2D eigenvalue weighted by atomic mass is 10.1. The number of nitrogens with one attached hydrogen (secondary N) is 2. The molecule has 2 aliphatic heterocycles. The molecule has 2 amide bonds. The van der Waals surface area contributed by atoms with Gasteiger partial charge in [-0.15, -0.1) is 0 Å². The van der Waals surface area contributed by atoms with Crippen molar-refractivity contribution in [3.63, 3.8) is 0 Å². The Kier molecular flexibility index (Phi) is 5.24. The fourth-order valence-corrected chi connectivity index (χ4v) is 4.12. The van der Waals surface area contributed by atoms with Gasteiger partial charge in [-0.2, -0.15) is 0 Å². The smallest absolute Gasteiger partial charge is 0.291 e. The van der Waals surface area contributed by atoms with E-state index in [0.29, 0.717) is 29.4 Å². The number of methoxy groups -OCH3 is 1. The Hall–Kier alpha value is -3.85. The number of piperazine rings is 1. The standard InChI is InChI=1S/C23H23N5O4/c1-31-19-4-2-3-15-16(19)14-28(23(15)30)21-6-5-20(32-21)22(29)26-17-13-25-8-7-18(17)27-11-9-24-10-12-27/h2-8,13,24H,9-12,14H2,1H3,(H,26,29). The van der Waals surface area contributed by atoms with Gasteiger partial charge in [0.05, 0.1) is 31.2 Å². The number of hydrogen-bond donors (Lipinski definition) is 2. The summed E-state index contributed by atoms with van der Waals surface area (Å²) in [5.41, 5.74) is 2.91. The van der Waals surface area contributed by atoms with E-state index in [1.807, 2.05) is 12.1 Å². The zero-order valence-corrected chi connectivity index (χ0v) is 17.6. The lowest BCUT2D eigenvalue weighted by molar-refractivity contribution is 0.0975. The molecule has 0 saturated carbocycles. The molecule has 5 rings (SSSR count). The van der Waals surface area contributed by atoms with Crippen LogP contribution >= 0.6 is 0 Å². The fraction of sp³-hybridized carbons (Fsp3) is 0.261. The number of nitrogens with zero attached hydrogens (tertiary/aromatic N) is 3. The van der Waals surface area contributed by atoms with E-state index in [1.54, 1.807) is 43.8 Å². The van der Waals surface area contributed by atoms with E-state index in [9.17, 15) is 9.59 Å². The molecule has 0 aliphatic carbocycles. The molecular formula is C23H23N5O4. The minimum Gasteiger partial charge on any atom is -0.496 e. The molecule has 0 unspecified atom stereocenters. The van der Waals surface area contributed by atoms with Crippen LogP contribution in [0.25, 0.3) is 0 Å². The molecule has 0 radical (unpaired) electrons. The van der Waals surface area contributed by atoms with Crippen LogP contribution in [0.5, 0.6) is 5.75 Å². The van der Waals surface area contributed by atoms with E-state index in [-0.39, 0.29) is 11.7 Å². The number of amides is 2. The Morgan fingerprint density at radius 3 is 2.84 bits per heavy atom. The molecule has 0 atom stereocenters. The number of aromatic nitrogens is 1. The van der Waals surface area contributed by atoms with Crippen molar-refractivity contribution in [2.45, 2.75) is 6.54 Å². The highest BCUT2D eigenvalue weighted by molar-refractivity contribution is 6.10. The average Bonchev–Trinajstić information content (AvgIpc) is 3.45. The fourth-order valence-electron chi connectivity index (χ4n) is 4.12. The summed E-state index contributed by atoms with van der Waals surface area (Å²) in [5, 5.41) is 6.21. The van der Waals surface area contributed by atoms with Crippen LogP contribution in [0.4, 0.5) is 17.3 Å². The predicted octanol–water partition coefficient (Wildman–Crippen LogP) is 2.51. The number of rotatable bonds is 5. The van der Waals surface area contributed by atoms with E-state index in [0.717, 1.165) is 37.4 Å². The summed E-state index contributed by atoms with van der Waals surface area (Å²) < 4.78 is 11.1. The predicted molar refractivity (Wildman–Crippen MR) is 119 cm³/mol. The molecule has 164 valence electrons. The van der Waals surface area contributed by atoms with Crippen LogP contribution in [0.3, 0.4) is 0 Å². The normalized spacial score (nSPS) is 15.6. The number of anilines is 3. The Balaban J connectivity index is 1.34. The van der Waals surface area contributed by atoms with Crippen molar-refractivity contribution in [1.82, 2.24) is 10.3 Å². The van der Waals surface area contributed by atoms with Crippen molar-refractivity contribution in [1.29, 1.82) is 0 Å². The van der Waals surface area contributed by atoms with Crippen molar-refractivity contribution < 1.29 is 18.7 Å². The maximum absolute atomic E-state index is 12.9. The monoisotopic (exact) mass is 433 g/mol. The van der Waals surface area contributed by atoms with Gasteiger partial charge in [0.1, 0.15) is 5.75 Å². The Morgan fingerprint density at radius 1 is 1.19 bits per heavy atom. The maximum Gasteiger partial charge on any atom is 0.291 e. The SMILES string of the molecule is COc1cccc2c1CN(c1ccc(C(=O)Nc3cnccc3N3CCNCC3)o1)C2=O. The summed E-state index contributed by atoms with van der Waals surface area (Å²) in [6.45, 7) is 3.78. The first-order chi connectivity index (χ1) is 15.7. The third-order valence-corrected chi connectivity index (χ3v) is 5.73. The van der Waals surface area contributed by atoms with Gasteiger partial charge in [0, 0.05) is 49.6 Å². The van der Waals surface area contributed by atoms with Crippen LogP contribution in [0.15, 0.2) is 53.2 Å². The number of fused-ring (bicyclic) bond motifs is 1. The molecule has 32 heavy (non-hydrogen) atoms. The van der Waals surface area contributed by atoms with E-state index >= 15 is 0 Å². The molecule has 0 spiro atoms. The Morgan fingerprint density at radius 2 is 2.03 bits per heavy atom. The second-order valence-corrected chi connectivity index (χ2v) is 7.60. The number of benzene rings is 1. The molecule has 1 saturated heterocycles. The molecule has 0 bridgehead atoms. The van der Waals surface area contributed by atoms with Gasteiger partial charge in [-0.25, -0.2) is 0 Å². The maximum atomic E-state index is 12.9. The molecule has 4 heterocycles. The highest BCUT2D eigenvalue weighted by Gasteiger charge is 2.33. The first kappa shape index (κ1) is 20.1. The number of carbonyl (C=O) groups excluding carboxylic acids is 2. The van der Waals surface area contributed by atoms with E-state index < -0.39 is 5.91 Å². The molecule has 1 fully saturated rings. The number of hydrogen-bond acceptors (Lipinski definition) is 7. The summed E-state index contributed by atoms with van der Waals surface area (Å²) >= 11 is 0. The Bertz CT molecular complexity index is 1170. The molecule has 9 heteroatoms. The van der Waals surface area contributed by atoms with Crippen LogP contribution in [0.2, 0.25) is 0 Å². The molecule has 9 nitrogen and oxygen atoms in total. The van der Waals surface area contributed by atoms with Gasteiger partial charge >= 0.3 is 0 Å². The van der Waals surface area contributed by atoms with Crippen molar-refractivity contribution in [3.8, 4) is 5.75 Å². The van der Waals surface area contributed by atoms with Crippen LogP contribution < -0.4 is 25.2 Å². The molecular weight excluding hydrogens is 410 g/mol. The highest BCUT2D eigenvalue weighted by atomic mass is 16.5. The second kappa shape index (κ2) is 8.35. The van der Waals surface area contributed by atoms with Crippen molar-refractivity contribution in [3.05, 3.63) is 65.7 Å². The number of pyridine rings is 1. The van der Waals surface area contributed by atoms with Crippen LogP contribution in [0, 0.1) is 0 Å². The summed E-state index contributed by atoms with van der Waals surface area (Å²) in [7, 11) is 1.57. The summed E-state index contributed by atoms with van der Waals surface area (Å²) in [6, 6.07) is 10.5. The van der Waals surface area contributed by atoms with Crippen LogP contribution in [-0.4, -0.2) is 50.1 Å². The zero-order chi connectivity index (χ0) is 22.1. The first-order valence-corrected chi connectivity index (χ1v) is 10.4. The van der Waals surface area contributed by atoms with Gasteiger partial charge < -0.3 is 24.7 Å². The third-order valence-electron chi connectivity index (χ3n) is 5.73. The van der Waals surface area contributed by atoms with Crippen LogP contribution in [0.1, 0.15) is 26.5 Å². The van der Waals surface area contributed by atoms with Gasteiger partial charge in [0.25, 0.3) is 11.8 Å². The van der Waals surface area contributed by atoms with Gasteiger partial charge in [-0.3, -0.25) is 19.5 Å². The zero-order valence-electron chi connectivity index (χ0n) is 17.6. The Labute approximate surface area is 185 Å². The number of ether oxygens (including phenoxy) is 1. The van der Waals surface area contributed by atoms with Gasteiger partial charge in [-0.1, -0.05) is 6.07 Å². The minimum atomic E-state index is -0.401. The third kappa shape index (κ3) is 3.56. The molecule has 3 aromatic rings. The summed E-state index contributed by atoms with van der Waals surface area (Å²) in [5.74, 6) is 0.494. The van der Waals surface area contributed by atoms with Crippen molar-refractivity contribution in [2.75, 3.05) is 48.4 Å². The molecule has 1 aromatic carbocycles. The van der Waals surface area contributed by atoms with Crippen molar-refractivity contribution in [2.24, 2.45) is 0 Å². The average molecular weight is 433 g/mol. The largest absolute Gasteiger partial charge is 0.496 e. The van der Waals surface area contributed by atoms with E-state index in [1.165, 1.54) is 4.90 Å². The minimum absolute atomic E-state index is 0.117. The van der Waals surface area contributed by atoms with Gasteiger partial charge in [-0.05, 0) is 24.3 Å². The second-order valence-electron chi connectivity index (χ2n) is 7.60. The number of furan rings is 1.